The van der Waals surface area contributed by atoms with Crippen molar-refractivity contribution in [1.82, 2.24) is 4.90 Å². The summed E-state index contributed by atoms with van der Waals surface area (Å²) in [6.45, 7) is 11.6. The van der Waals surface area contributed by atoms with Crippen molar-refractivity contribution in [3.05, 3.63) is 25.3 Å². The first-order valence-electron chi connectivity index (χ1n) is 8.52. The lowest BCUT2D eigenvalue weighted by Crippen LogP contribution is -2.43. The summed E-state index contributed by atoms with van der Waals surface area (Å²) in [7, 11) is 0. The molecule has 0 aromatic heterocycles. The molecular weight excluding hydrogens is 262 g/mol. The molecule has 1 saturated heterocycles. The van der Waals surface area contributed by atoms with Gasteiger partial charge in [0.1, 0.15) is 0 Å². The van der Waals surface area contributed by atoms with Gasteiger partial charge in [0, 0.05) is 13.1 Å². The lowest BCUT2D eigenvalue weighted by molar-refractivity contribution is -0.124. The van der Waals surface area contributed by atoms with Crippen LogP contribution in [0.4, 0.5) is 0 Å². The molecule has 5 unspecified atom stereocenters. The van der Waals surface area contributed by atoms with Gasteiger partial charge in [-0.1, -0.05) is 18.6 Å². The van der Waals surface area contributed by atoms with Gasteiger partial charge in [0.2, 0.25) is 0 Å². The highest BCUT2D eigenvalue weighted by Crippen LogP contribution is 2.51. The minimum absolute atomic E-state index is 0.231. The summed E-state index contributed by atoms with van der Waals surface area (Å²) >= 11 is 0. The molecule has 21 heavy (non-hydrogen) atoms. The Morgan fingerprint density at radius 3 is 2.52 bits per heavy atom. The number of fused-ring (bicyclic) bond motifs is 2. The number of ether oxygens (including phenoxy) is 2. The van der Waals surface area contributed by atoms with E-state index < -0.39 is 0 Å². The number of rotatable bonds is 7. The summed E-state index contributed by atoms with van der Waals surface area (Å²) in [5.41, 5.74) is 0. The lowest BCUT2D eigenvalue weighted by atomic mass is 9.85. The lowest BCUT2D eigenvalue weighted by Gasteiger charge is -2.36. The predicted octanol–water partition coefficient (Wildman–Crippen LogP) is 3.23. The van der Waals surface area contributed by atoms with E-state index in [4.69, 9.17) is 9.47 Å². The van der Waals surface area contributed by atoms with Crippen molar-refractivity contribution in [2.24, 2.45) is 17.8 Å². The maximum atomic E-state index is 6.31. The molecule has 0 spiro atoms. The van der Waals surface area contributed by atoms with Crippen LogP contribution in [0.2, 0.25) is 0 Å². The normalized spacial score (nSPS) is 39.5. The molecule has 3 nitrogen and oxygen atoms in total. The molecule has 1 aliphatic heterocycles. The molecule has 0 radical (unpaired) electrons. The fourth-order valence-corrected chi connectivity index (χ4v) is 4.48. The largest absolute Gasteiger partial charge is 0.371 e. The van der Waals surface area contributed by atoms with Crippen LogP contribution >= 0.6 is 0 Å². The predicted molar refractivity (Wildman–Crippen MR) is 85.0 cm³/mol. The number of allylic oxidation sites excluding steroid dienone is 1. The van der Waals surface area contributed by atoms with Crippen molar-refractivity contribution < 1.29 is 9.47 Å². The summed E-state index contributed by atoms with van der Waals surface area (Å²) in [5, 5.41) is 0. The average Bonchev–Trinajstić information content (AvgIpc) is 3.09. The van der Waals surface area contributed by atoms with Crippen LogP contribution in [0.25, 0.3) is 0 Å². The number of hydrogen-bond acceptors (Lipinski definition) is 3. The van der Waals surface area contributed by atoms with Crippen LogP contribution in [-0.2, 0) is 9.47 Å². The Morgan fingerprint density at radius 1 is 1.00 bits per heavy atom. The van der Waals surface area contributed by atoms with Crippen LogP contribution in [0.15, 0.2) is 25.3 Å². The van der Waals surface area contributed by atoms with Gasteiger partial charge in [-0.15, -0.1) is 13.2 Å². The van der Waals surface area contributed by atoms with Crippen LogP contribution in [0, 0.1) is 17.8 Å². The van der Waals surface area contributed by atoms with E-state index in [0.29, 0.717) is 24.4 Å². The Balaban J connectivity index is 1.57. The summed E-state index contributed by atoms with van der Waals surface area (Å²) in [6, 6.07) is 0. The highest BCUT2D eigenvalue weighted by atomic mass is 16.5. The third kappa shape index (κ3) is 3.25. The van der Waals surface area contributed by atoms with E-state index >= 15 is 0 Å². The zero-order valence-corrected chi connectivity index (χ0v) is 13.1. The smallest absolute Gasteiger partial charge is 0.0995 e. The Bertz CT molecular complexity index is 364. The quantitative estimate of drug-likeness (QED) is 0.672. The Morgan fingerprint density at radius 2 is 1.81 bits per heavy atom. The molecule has 3 fully saturated rings. The van der Waals surface area contributed by atoms with Crippen molar-refractivity contribution in [1.29, 1.82) is 0 Å². The highest BCUT2D eigenvalue weighted by Gasteiger charge is 2.53. The number of likely N-dealkylation sites (tertiary alicyclic amines) is 1. The van der Waals surface area contributed by atoms with Crippen molar-refractivity contribution in [2.45, 2.75) is 44.3 Å². The number of piperidine rings is 1. The Hall–Kier alpha value is -0.640. The molecule has 2 aliphatic carbocycles. The third-order valence-corrected chi connectivity index (χ3v) is 5.52. The second kappa shape index (κ2) is 7.08. The summed E-state index contributed by atoms with van der Waals surface area (Å²) in [6.07, 6.45) is 10.9. The second-order valence-corrected chi connectivity index (χ2v) is 6.82. The van der Waals surface area contributed by atoms with Gasteiger partial charge in [-0.25, -0.2) is 0 Å². The maximum absolute atomic E-state index is 6.31. The van der Waals surface area contributed by atoms with Crippen molar-refractivity contribution in [2.75, 3.05) is 26.4 Å². The zero-order valence-electron chi connectivity index (χ0n) is 13.1. The van der Waals surface area contributed by atoms with Gasteiger partial charge >= 0.3 is 0 Å². The van der Waals surface area contributed by atoms with E-state index in [-0.39, 0.29) is 12.2 Å². The van der Waals surface area contributed by atoms with Gasteiger partial charge in [-0.2, -0.15) is 0 Å². The molecule has 118 valence electrons. The SMILES string of the molecule is C=CCOC1C2CC(CC2C=C)C1OCN1CCCCC1. The molecule has 3 aliphatic rings. The molecule has 3 heteroatoms. The van der Waals surface area contributed by atoms with Crippen LogP contribution in [0.5, 0.6) is 0 Å². The van der Waals surface area contributed by atoms with Crippen molar-refractivity contribution in [3.63, 3.8) is 0 Å². The molecule has 5 atom stereocenters. The van der Waals surface area contributed by atoms with E-state index in [9.17, 15) is 0 Å². The first-order chi connectivity index (χ1) is 10.3. The van der Waals surface area contributed by atoms with Gasteiger partial charge in [-0.05, 0) is 43.4 Å². The molecule has 2 bridgehead atoms. The fourth-order valence-electron chi connectivity index (χ4n) is 4.48. The standard InChI is InChI=1S/C18H29NO2/c1-3-10-20-18-16-12-15(11-14(16)4-2)17(18)21-13-19-8-6-5-7-9-19/h3-4,14-18H,1-2,5-13H2. The maximum Gasteiger partial charge on any atom is 0.0995 e. The molecule has 0 N–H and O–H groups in total. The van der Waals surface area contributed by atoms with Gasteiger partial charge in [-0.3, -0.25) is 4.90 Å². The van der Waals surface area contributed by atoms with E-state index in [1.165, 1.54) is 45.2 Å². The van der Waals surface area contributed by atoms with Crippen LogP contribution in [0.3, 0.4) is 0 Å². The minimum atomic E-state index is 0.231. The van der Waals surface area contributed by atoms with E-state index in [1.54, 1.807) is 0 Å². The number of nitrogens with zero attached hydrogens (tertiary/aromatic N) is 1. The topological polar surface area (TPSA) is 21.7 Å². The first-order valence-corrected chi connectivity index (χ1v) is 8.52. The monoisotopic (exact) mass is 291 g/mol. The van der Waals surface area contributed by atoms with Crippen LogP contribution in [0.1, 0.15) is 32.1 Å². The number of hydrogen-bond donors (Lipinski definition) is 0. The Kier molecular flexibility index (Phi) is 5.15. The molecule has 2 saturated carbocycles. The van der Waals surface area contributed by atoms with Gasteiger partial charge in [0.05, 0.1) is 25.5 Å². The fraction of sp³-hybridized carbons (Fsp3) is 0.778. The van der Waals surface area contributed by atoms with Crippen molar-refractivity contribution >= 4 is 0 Å². The average molecular weight is 291 g/mol. The summed E-state index contributed by atoms with van der Waals surface area (Å²) in [4.78, 5) is 2.45. The van der Waals surface area contributed by atoms with Gasteiger partial charge in [0.15, 0.2) is 0 Å². The van der Waals surface area contributed by atoms with Gasteiger partial charge < -0.3 is 9.47 Å². The highest BCUT2D eigenvalue weighted by molar-refractivity contribution is 5.07. The van der Waals surface area contributed by atoms with Gasteiger partial charge in [0.25, 0.3) is 0 Å². The molecule has 0 amide bonds. The second-order valence-electron chi connectivity index (χ2n) is 6.82. The third-order valence-electron chi connectivity index (χ3n) is 5.52. The summed E-state index contributed by atoms with van der Waals surface area (Å²) in [5.74, 6) is 1.86. The van der Waals surface area contributed by atoms with E-state index in [1.807, 2.05) is 6.08 Å². The van der Waals surface area contributed by atoms with E-state index in [2.05, 4.69) is 24.1 Å². The van der Waals surface area contributed by atoms with Crippen LogP contribution in [-0.4, -0.2) is 43.5 Å². The zero-order chi connectivity index (χ0) is 14.7. The molecular formula is C18H29NO2. The molecule has 3 rings (SSSR count). The molecule has 0 aromatic carbocycles. The van der Waals surface area contributed by atoms with E-state index in [0.717, 1.165) is 6.73 Å². The Labute approximate surface area is 129 Å². The minimum Gasteiger partial charge on any atom is -0.371 e. The first kappa shape index (κ1) is 15.3. The van der Waals surface area contributed by atoms with Crippen molar-refractivity contribution in [3.8, 4) is 0 Å². The van der Waals surface area contributed by atoms with Crippen LogP contribution < -0.4 is 0 Å². The molecule has 0 aromatic rings. The molecule has 1 heterocycles. The summed E-state index contributed by atoms with van der Waals surface area (Å²) < 4.78 is 12.4.